The number of rotatable bonds is 5. The number of carbonyl (C=O) groups excluding carboxylic acids is 1. The lowest BCUT2D eigenvalue weighted by Crippen LogP contribution is -2.22. The van der Waals surface area contributed by atoms with E-state index < -0.39 is 0 Å². The summed E-state index contributed by atoms with van der Waals surface area (Å²) in [5.74, 6) is 0.576. The smallest absolute Gasteiger partial charge is 0.263 e. The zero-order valence-electron chi connectivity index (χ0n) is 15.3. The predicted octanol–water partition coefficient (Wildman–Crippen LogP) is 3.67. The summed E-state index contributed by atoms with van der Waals surface area (Å²) in [6.07, 6.45) is 0. The number of nitrogens with one attached hydrogen (secondary N) is 1. The summed E-state index contributed by atoms with van der Waals surface area (Å²) in [5, 5.41) is 7.66. The van der Waals surface area contributed by atoms with E-state index in [2.05, 4.69) is 15.5 Å². The van der Waals surface area contributed by atoms with Gasteiger partial charge in [-0.15, -0.1) is 11.3 Å². The number of amides is 1. The highest BCUT2D eigenvalue weighted by molar-refractivity contribution is 7.17. The number of carbonyl (C=O) groups is 1. The van der Waals surface area contributed by atoms with E-state index in [0.29, 0.717) is 22.9 Å². The Balaban J connectivity index is 1.72. The molecule has 0 unspecified atom stereocenters. The Morgan fingerprint density at radius 2 is 1.92 bits per heavy atom. The van der Waals surface area contributed by atoms with Gasteiger partial charge in [0.1, 0.15) is 15.6 Å². The van der Waals surface area contributed by atoms with Gasteiger partial charge >= 0.3 is 0 Å². The van der Waals surface area contributed by atoms with Gasteiger partial charge in [0.15, 0.2) is 0 Å². The molecule has 1 atom stereocenters. The average Bonchev–Trinajstić information content (AvgIpc) is 3.15. The van der Waals surface area contributed by atoms with Crippen LogP contribution in [0.5, 0.6) is 0 Å². The standard InChI is InChI=1S/C19H22N4O2S/c1-10(20)15-7-5-14(6-8-15)9-21-18(24)17-12(3)22-19(26-17)16-11(2)23-25-13(16)4/h5-8,10H,9,20H2,1-4H3,(H,21,24)/t10-/m1/s1. The molecule has 0 saturated heterocycles. The van der Waals surface area contributed by atoms with E-state index in [-0.39, 0.29) is 11.9 Å². The third-order valence-corrected chi connectivity index (χ3v) is 5.38. The average molecular weight is 370 g/mol. The Labute approximate surface area is 156 Å². The van der Waals surface area contributed by atoms with Crippen LogP contribution in [0.1, 0.15) is 50.9 Å². The molecule has 0 aliphatic rings. The van der Waals surface area contributed by atoms with E-state index in [4.69, 9.17) is 10.3 Å². The van der Waals surface area contributed by atoms with Crippen molar-refractivity contribution in [3.05, 3.63) is 57.4 Å². The second-order valence-electron chi connectivity index (χ2n) is 6.35. The van der Waals surface area contributed by atoms with E-state index in [0.717, 1.165) is 27.4 Å². The summed E-state index contributed by atoms with van der Waals surface area (Å²) in [6, 6.07) is 7.93. The number of hydrogen-bond donors (Lipinski definition) is 2. The SMILES string of the molecule is Cc1nc(-c2c(C)noc2C)sc1C(=O)NCc1ccc([C@@H](C)N)cc1. The fourth-order valence-electron chi connectivity index (χ4n) is 2.70. The van der Waals surface area contributed by atoms with Crippen LogP contribution in [0.2, 0.25) is 0 Å². The van der Waals surface area contributed by atoms with Gasteiger partial charge < -0.3 is 15.6 Å². The normalized spacial score (nSPS) is 12.2. The molecular weight excluding hydrogens is 348 g/mol. The van der Waals surface area contributed by atoms with E-state index in [1.165, 1.54) is 11.3 Å². The number of thiazole rings is 1. The quantitative estimate of drug-likeness (QED) is 0.714. The molecule has 6 nitrogen and oxygen atoms in total. The van der Waals surface area contributed by atoms with Crippen LogP contribution in [0.25, 0.3) is 10.6 Å². The van der Waals surface area contributed by atoms with Crippen molar-refractivity contribution < 1.29 is 9.32 Å². The van der Waals surface area contributed by atoms with Crippen molar-refractivity contribution in [2.24, 2.45) is 5.73 Å². The van der Waals surface area contributed by atoms with Gasteiger partial charge in [-0.2, -0.15) is 0 Å². The summed E-state index contributed by atoms with van der Waals surface area (Å²) in [6.45, 7) is 7.95. The highest BCUT2D eigenvalue weighted by Crippen LogP contribution is 2.32. The van der Waals surface area contributed by atoms with E-state index in [1.807, 2.05) is 52.0 Å². The minimum absolute atomic E-state index is 0.00114. The van der Waals surface area contributed by atoms with Crippen LogP contribution in [0.4, 0.5) is 0 Å². The molecule has 3 rings (SSSR count). The van der Waals surface area contributed by atoms with Crippen molar-refractivity contribution in [3.8, 4) is 10.6 Å². The van der Waals surface area contributed by atoms with Crippen LogP contribution >= 0.6 is 11.3 Å². The summed E-state index contributed by atoms with van der Waals surface area (Å²) < 4.78 is 5.20. The number of aromatic nitrogens is 2. The summed E-state index contributed by atoms with van der Waals surface area (Å²) in [4.78, 5) is 17.7. The van der Waals surface area contributed by atoms with Crippen LogP contribution in [0.15, 0.2) is 28.8 Å². The molecule has 1 amide bonds. The van der Waals surface area contributed by atoms with Gasteiger partial charge in [0.25, 0.3) is 5.91 Å². The van der Waals surface area contributed by atoms with Crippen molar-refractivity contribution in [1.82, 2.24) is 15.5 Å². The molecule has 3 N–H and O–H groups in total. The first-order valence-electron chi connectivity index (χ1n) is 8.40. The number of nitrogens with zero attached hydrogens (tertiary/aromatic N) is 2. The fourth-order valence-corrected chi connectivity index (χ4v) is 3.83. The monoisotopic (exact) mass is 370 g/mol. The lowest BCUT2D eigenvalue weighted by Gasteiger charge is -2.08. The van der Waals surface area contributed by atoms with Crippen molar-refractivity contribution in [2.75, 3.05) is 0 Å². The van der Waals surface area contributed by atoms with E-state index in [1.54, 1.807) is 0 Å². The Bertz CT molecular complexity index is 906. The molecule has 1 aromatic carbocycles. The van der Waals surface area contributed by atoms with E-state index in [9.17, 15) is 4.79 Å². The predicted molar refractivity (Wildman–Crippen MR) is 102 cm³/mol. The molecule has 3 aromatic rings. The van der Waals surface area contributed by atoms with Gasteiger partial charge in [0.2, 0.25) is 0 Å². The van der Waals surface area contributed by atoms with Gasteiger partial charge in [-0.1, -0.05) is 29.4 Å². The number of aryl methyl sites for hydroxylation is 3. The zero-order valence-corrected chi connectivity index (χ0v) is 16.1. The number of hydrogen-bond acceptors (Lipinski definition) is 6. The molecule has 0 aliphatic carbocycles. The zero-order chi connectivity index (χ0) is 18.8. The second kappa shape index (κ2) is 7.39. The van der Waals surface area contributed by atoms with Crippen LogP contribution in [-0.2, 0) is 6.54 Å². The molecule has 0 spiro atoms. The van der Waals surface area contributed by atoms with Gasteiger partial charge in [0, 0.05) is 12.6 Å². The van der Waals surface area contributed by atoms with Gasteiger partial charge in [-0.25, -0.2) is 4.98 Å². The van der Waals surface area contributed by atoms with Gasteiger partial charge in [0.05, 0.1) is 17.0 Å². The molecule has 2 heterocycles. The van der Waals surface area contributed by atoms with Crippen LogP contribution in [0, 0.1) is 20.8 Å². The van der Waals surface area contributed by atoms with Crippen molar-refractivity contribution in [2.45, 2.75) is 40.3 Å². The molecule has 136 valence electrons. The third-order valence-electron chi connectivity index (χ3n) is 4.21. The first-order chi connectivity index (χ1) is 12.4. The highest BCUT2D eigenvalue weighted by atomic mass is 32.1. The maximum absolute atomic E-state index is 12.6. The van der Waals surface area contributed by atoms with Gasteiger partial charge in [-0.3, -0.25) is 4.79 Å². The molecule has 0 aliphatic heterocycles. The fraction of sp³-hybridized carbons (Fsp3) is 0.316. The Morgan fingerprint density at radius 3 is 2.50 bits per heavy atom. The second-order valence-corrected chi connectivity index (χ2v) is 7.34. The lowest BCUT2D eigenvalue weighted by atomic mass is 10.1. The summed E-state index contributed by atoms with van der Waals surface area (Å²) >= 11 is 1.36. The largest absolute Gasteiger partial charge is 0.361 e. The van der Waals surface area contributed by atoms with Crippen molar-refractivity contribution in [1.29, 1.82) is 0 Å². The molecule has 26 heavy (non-hydrogen) atoms. The first kappa shape index (κ1) is 18.3. The summed E-state index contributed by atoms with van der Waals surface area (Å²) in [7, 11) is 0. The Morgan fingerprint density at radius 1 is 1.23 bits per heavy atom. The van der Waals surface area contributed by atoms with Gasteiger partial charge in [-0.05, 0) is 38.8 Å². The maximum Gasteiger partial charge on any atom is 0.263 e. The number of nitrogens with two attached hydrogens (primary N) is 1. The Kier molecular flexibility index (Phi) is 5.20. The number of benzene rings is 1. The minimum Gasteiger partial charge on any atom is -0.361 e. The summed E-state index contributed by atoms with van der Waals surface area (Å²) in [5.41, 5.74) is 10.3. The Hall–Kier alpha value is -2.51. The molecule has 0 radical (unpaired) electrons. The highest BCUT2D eigenvalue weighted by Gasteiger charge is 2.20. The molecule has 0 fully saturated rings. The molecular formula is C19H22N4O2S. The van der Waals surface area contributed by atoms with Crippen LogP contribution in [0.3, 0.4) is 0 Å². The molecule has 0 bridgehead atoms. The van der Waals surface area contributed by atoms with Crippen molar-refractivity contribution >= 4 is 17.2 Å². The lowest BCUT2D eigenvalue weighted by molar-refractivity contribution is 0.0954. The van der Waals surface area contributed by atoms with Crippen LogP contribution in [-0.4, -0.2) is 16.0 Å². The minimum atomic E-state index is -0.130. The molecule has 2 aromatic heterocycles. The van der Waals surface area contributed by atoms with E-state index >= 15 is 0 Å². The first-order valence-corrected chi connectivity index (χ1v) is 9.21. The third kappa shape index (κ3) is 3.68. The maximum atomic E-state index is 12.6. The molecule has 7 heteroatoms. The van der Waals surface area contributed by atoms with Crippen LogP contribution < -0.4 is 11.1 Å². The molecule has 0 saturated carbocycles. The van der Waals surface area contributed by atoms with Crippen molar-refractivity contribution in [3.63, 3.8) is 0 Å². The topological polar surface area (TPSA) is 94.0 Å².